The average molecular weight is 593 g/mol. The fraction of sp³-hybridized carbons (Fsp3) is 0.263. The molecule has 4 rings (SSSR count). The first-order valence-electron chi connectivity index (χ1n) is 7.78. The Morgan fingerprint density at radius 3 is 2.28 bits per heavy atom. The van der Waals surface area contributed by atoms with Crippen LogP contribution in [0.3, 0.4) is 0 Å². The summed E-state index contributed by atoms with van der Waals surface area (Å²) in [6, 6.07) is 8.37. The molecule has 0 bridgehead atoms. The number of nitrogens with zero attached hydrogens (tertiary/aromatic N) is 1. The first kappa shape index (κ1) is 18.1. The molecule has 0 saturated carbocycles. The number of rotatable bonds is 0. The SMILES string of the molecule is CN1c2c(Br)cc(Br)cc2C(C)(C)C12C=Cc1cc(Br)cc(Br)c1O2. The van der Waals surface area contributed by atoms with Gasteiger partial charge < -0.3 is 9.64 Å². The first-order chi connectivity index (χ1) is 11.7. The Hall–Kier alpha value is -0.300. The van der Waals surface area contributed by atoms with Crippen molar-refractivity contribution in [3.63, 3.8) is 0 Å². The molecule has 2 aliphatic heterocycles. The fourth-order valence-electron chi connectivity index (χ4n) is 3.88. The molecule has 0 saturated heterocycles. The highest BCUT2D eigenvalue weighted by molar-refractivity contribution is 9.11. The molecule has 0 N–H and O–H groups in total. The average Bonchev–Trinajstić information content (AvgIpc) is 2.67. The molecule has 2 aromatic rings. The van der Waals surface area contributed by atoms with Gasteiger partial charge in [0.2, 0.25) is 5.72 Å². The Kier molecular flexibility index (Phi) is 4.23. The van der Waals surface area contributed by atoms with Crippen molar-refractivity contribution in [2.75, 3.05) is 11.9 Å². The van der Waals surface area contributed by atoms with Gasteiger partial charge in [0.25, 0.3) is 0 Å². The summed E-state index contributed by atoms with van der Waals surface area (Å²) in [4.78, 5) is 2.23. The van der Waals surface area contributed by atoms with E-state index in [1.807, 2.05) is 6.07 Å². The first-order valence-corrected chi connectivity index (χ1v) is 11.0. The lowest BCUT2D eigenvalue weighted by Crippen LogP contribution is -2.58. The number of ether oxygens (including phenoxy) is 1. The molecule has 130 valence electrons. The summed E-state index contributed by atoms with van der Waals surface area (Å²) < 4.78 is 10.8. The van der Waals surface area contributed by atoms with E-state index in [4.69, 9.17) is 4.74 Å². The van der Waals surface area contributed by atoms with Crippen molar-refractivity contribution in [1.29, 1.82) is 0 Å². The molecule has 1 atom stereocenters. The quantitative estimate of drug-likeness (QED) is 0.319. The number of anilines is 1. The van der Waals surface area contributed by atoms with Crippen molar-refractivity contribution in [3.05, 3.63) is 59.4 Å². The largest absolute Gasteiger partial charge is 0.462 e. The predicted molar refractivity (Wildman–Crippen MR) is 118 cm³/mol. The maximum Gasteiger partial charge on any atom is 0.211 e. The van der Waals surface area contributed by atoms with Gasteiger partial charge in [-0.25, -0.2) is 0 Å². The lowest BCUT2D eigenvalue weighted by molar-refractivity contribution is 0.0573. The number of hydrogen-bond donors (Lipinski definition) is 0. The summed E-state index contributed by atoms with van der Waals surface area (Å²) in [5.74, 6) is 0.869. The standard InChI is InChI=1S/C19H15Br4NO/c1-18(2)13-7-12(21)8-14(22)16(13)24(3)19(18)5-4-10-6-11(20)9-15(23)17(10)25-19/h4-9H,1-3H3. The van der Waals surface area contributed by atoms with Crippen LogP contribution >= 0.6 is 63.7 Å². The normalized spacial score (nSPS) is 22.8. The van der Waals surface area contributed by atoms with Gasteiger partial charge in [-0.15, -0.1) is 0 Å². The molecule has 0 aliphatic carbocycles. The topological polar surface area (TPSA) is 12.5 Å². The van der Waals surface area contributed by atoms with Crippen molar-refractivity contribution >= 4 is 75.5 Å². The molecule has 0 fully saturated rings. The second-order valence-corrected chi connectivity index (χ2v) is 10.4. The monoisotopic (exact) mass is 589 g/mol. The second-order valence-electron chi connectivity index (χ2n) is 6.91. The number of fused-ring (bicyclic) bond motifs is 2. The van der Waals surface area contributed by atoms with Gasteiger partial charge in [0.15, 0.2) is 0 Å². The fourth-order valence-corrected chi connectivity index (χ4v) is 6.71. The number of benzene rings is 2. The molecule has 2 aromatic carbocycles. The Morgan fingerprint density at radius 1 is 0.920 bits per heavy atom. The molecule has 0 radical (unpaired) electrons. The zero-order valence-corrected chi connectivity index (χ0v) is 20.2. The lowest BCUT2D eigenvalue weighted by atomic mass is 9.76. The van der Waals surface area contributed by atoms with Crippen molar-refractivity contribution in [3.8, 4) is 5.75 Å². The molecular formula is C19H15Br4NO. The van der Waals surface area contributed by atoms with E-state index >= 15 is 0 Å². The number of hydrogen-bond acceptors (Lipinski definition) is 2. The Bertz CT molecular complexity index is 938. The van der Waals surface area contributed by atoms with Crippen molar-refractivity contribution in [1.82, 2.24) is 0 Å². The van der Waals surface area contributed by atoms with Crippen LogP contribution in [0.2, 0.25) is 0 Å². The van der Waals surface area contributed by atoms with Crippen LogP contribution in [0.1, 0.15) is 25.0 Å². The molecule has 6 heteroatoms. The molecule has 1 unspecified atom stereocenters. The highest BCUT2D eigenvalue weighted by Crippen LogP contribution is 2.57. The molecule has 0 amide bonds. The third-order valence-electron chi connectivity index (χ3n) is 5.21. The van der Waals surface area contributed by atoms with E-state index in [0.717, 1.165) is 34.9 Å². The van der Waals surface area contributed by atoms with Crippen LogP contribution in [0.25, 0.3) is 6.08 Å². The zero-order chi connectivity index (χ0) is 18.1. The lowest BCUT2D eigenvalue weighted by Gasteiger charge is -2.46. The van der Waals surface area contributed by atoms with Crippen LogP contribution in [-0.2, 0) is 5.41 Å². The highest BCUT2D eigenvalue weighted by atomic mass is 79.9. The minimum absolute atomic E-state index is 0.246. The Morgan fingerprint density at radius 2 is 1.56 bits per heavy atom. The molecule has 25 heavy (non-hydrogen) atoms. The smallest absolute Gasteiger partial charge is 0.211 e. The van der Waals surface area contributed by atoms with Crippen LogP contribution in [0.15, 0.2) is 48.2 Å². The van der Waals surface area contributed by atoms with E-state index in [1.165, 1.54) is 5.56 Å². The predicted octanol–water partition coefficient (Wildman–Crippen LogP) is 7.27. The maximum atomic E-state index is 6.71. The van der Waals surface area contributed by atoms with Gasteiger partial charge in [-0.2, -0.15) is 0 Å². The van der Waals surface area contributed by atoms with E-state index in [9.17, 15) is 0 Å². The van der Waals surface area contributed by atoms with Gasteiger partial charge in [0.05, 0.1) is 15.6 Å². The van der Waals surface area contributed by atoms with E-state index in [-0.39, 0.29) is 5.41 Å². The van der Waals surface area contributed by atoms with Crippen LogP contribution < -0.4 is 9.64 Å². The van der Waals surface area contributed by atoms with Crippen molar-refractivity contribution < 1.29 is 4.74 Å². The summed E-state index contributed by atoms with van der Waals surface area (Å²) in [6.07, 6.45) is 4.33. The van der Waals surface area contributed by atoms with Crippen LogP contribution in [0.4, 0.5) is 5.69 Å². The van der Waals surface area contributed by atoms with Gasteiger partial charge >= 0.3 is 0 Å². The van der Waals surface area contributed by atoms with Gasteiger partial charge in [0, 0.05) is 26.0 Å². The van der Waals surface area contributed by atoms with Crippen molar-refractivity contribution in [2.24, 2.45) is 0 Å². The van der Waals surface area contributed by atoms with Gasteiger partial charge in [0.1, 0.15) is 5.75 Å². The summed E-state index contributed by atoms with van der Waals surface area (Å²) in [5, 5.41) is 0. The van der Waals surface area contributed by atoms with Gasteiger partial charge in [-0.3, -0.25) is 0 Å². The number of halogens is 4. The zero-order valence-electron chi connectivity index (χ0n) is 13.8. The Labute approximate surface area is 181 Å². The van der Waals surface area contributed by atoms with E-state index in [1.54, 1.807) is 0 Å². The third-order valence-corrected chi connectivity index (χ3v) is 7.32. The molecular weight excluding hydrogens is 578 g/mol. The van der Waals surface area contributed by atoms with Crippen LogP contribution in [0, 0.1) is 0 Å². The number of likely N-dealkylation sites (N-methyl/N-ethyl adjacent to an activating group) is 1. The summed E-state index contributed by atoms with van der Waals surface area (Å²) in [5.41, 5.74) is 2.63. The van der Waals surface area contributed by atoms with E-state index in [2.05, 4.69) is 120 Å². The molecule has 2 aliphatic rings. The molecule has 0 aromatic heterocycles. The van der Waals surface area contributed by atoms with Gasteiger partial charge in [-0.1, -0.05) is 31.9 Å². The molecule has 2 nitrogen and oxygen atoms in total. The molecule has 1 spiro atoms. The third kappa shape index (κ3) is 2.43. The molecule has 2 heterocycles. The van der Waals surface area contributed by atoms with Gasteiger partial charge in [-0.05, 0) is 87.7 Å². The second kappa shape index (κ2) is 5.85. The summed E-state index contributed by atoms with van der Waals surface area (Å²) >= 11 is 14.6. The van der Waals surface area contributed by atoms with Crippen LogP contribution in [-0.4, -0.2) is 12.8 Å². The van der Waals surface area contributed by atoms with E-state index < -0.39 is 5.72 Å². The maximum absolute atomic E-state index is 6.71. The van der Waals surface area contributed by atoms with Crippen molar-refractivity contribution in [2.45, 2.75) is 25.0 Å². The minimum Gasteiger partial charge on any atom is -0.462 e. The highest BCUT2D eigenvalue weighted by Gasteiger charge is 2.58. The minimum atomic E-state index is -0.595. The summed E-state index contributed by atoms with van der Waals surface area (Å²) in [7, 11) is 2.09. The van der Waals surface area contributed by atoms with E-state index in [0.29, 0.717) is 0 Å². The summed E-state index contributed by atoms with van der Waals surface area (Å²) in [6.45, 7) is 4.46. The van der Waals surface area contributed by atoms with Crippen LogP contribution in [0.5, 0.6) is 5.75 Å². The Balaban J connectivity index is 1.94.